The number of pyridine rings is 1. The zero-order valence-corrected chi connectivity index (χ0v) is 20.5. The van der Waals surface area contributed by atoms with E-state index in [1.807, 2.05) is 31.2 Å². The van der Waals surface area contributed by atoms with Gasteiger partial charge in [-0.3, -0.25) is 19.9 Å². The van der Waals surface area contributed by atoms with Gasteiger partial charge in [-0.2, -0.15) is 0 Å². The number of benzene rings is 2. The second-order valence-corrected chi connectivity index (χ2v) is 9.60. The van der Waals surface area contributed by atoms with Crippen molar-refractivity contribution in [1.82, 2.24) is 10.3 Å². The fourth-order valence-electron chi connectivity index (χ4n) is 3.68. The van der Waals surface area contributed by atoms with Crippen molar-refractivity contribution in [1.29, 1.82) is 0 Å². The zero-order valence-electron chi connectivity index (χ0n) is 19.7. The average molecular weight is 507 g/mol. The number of hydrogen-bond donors (Lipinski definition) is 2. The molecule has 2 heterocycles. The highest BCUT2D eigenvalue weighted by atomic mass is 32.2. The average Bonchev–Trinajstić information content (AvgIpc) is 3.20. The first-order valence-electron chi connectivity index (χ1n) is 11.5. The molecule has 1 aromatic heterocycles. The number of hydrogen-bond acceptors (Lipinski definition) is 8. The number of thioether (sulfide) groups is 1. The van der Waals surface area contributed by atoms with Gasteiger partial charge in [0.15, 0.2) is 0 Å². The van der Waals surface area contributed by atoms with E-state index < -0.39 is 28.0 Å². The lowest BCUT2D eigenvalue weighted by Gasteiger charge is -2.22. The van der Waals surface area contributed by atoms with E-state index in [9.17, 15) is 19.5 Å². The quantitative estimate of drug-likeness (QED) is 0.316. The molecular formula is C27H26N2O6S. The molecule has 2 amide bonds. The predicted molar refractivity (Wildman–Crippen MR) is 134 cm³/mol. The molecule has 0 aliphatic carbocycles. The molecule has 1 aliphatic heterocycles. The minimum absolute atomic E-state index is 0.00537. The lowest BCUT2D eigenvalue weighted by Crippen LogP contribution is -2.46. The first-order valence-corrected chi connectivity index (χ1v) is 12.3. The Hall–Kier alpha value is -3.69. The maximum atomic E-state index is 13.0. The van der Waals surface area contributed by atoms with Gasteiger partial charge in [0.25, 0.3) is 11.1 Å². The fourth-order valence-corrected chi connectivity index (χ4v) is 4.67. The van der Waals surface area contributed by atoms with Crippen molar-refractivity contribution in [2.75, 3.05) is 6.61 Å². The Morgan fingerprint density at radius 1 is 1.03 bits per heavy atom. The van der Waals surface area contributed by atoms with Crippen molar-refractivity contribution in [3.63, 3.8) is 0 Å². The Balaban J connectivity index is 1.39. The van der Waals surface area contributed by atoms with Crippen LogP contribution in [0.2, 0.25) is 0 Å². The Morgan fingerprint density at radius 3 is 2.36 bits per heavy atom. The number of esters is 1. The maximum Gasteiger partial charge on any atom is 0.333 e. The molecule has 2 N–H and O–H groups in total. The Bertz CT molecular complexity index is 1220. The third-order valence-electron chi connectivity index (χ3n) is 5.77. The number of ether oxygens (including phenoxy) is 2. The SMILES string of the molecule is CCc1ccc(C(O)COc2ccc(CC3(C(=O)OCc4ccccc4)SC(=O)NC3=O)cc2)nc1. The van der Waals surface area contributed by atoms with Gasteiger partial charge in [-0.1, -0.05) is 55.5 Å². The topological polar surface area (TPSA) is 115 Å². The number of amides is 2. The van der Waals surface area contributed by atoms with Gasteiger partial charge in [-0.15, -0.1) is 0 Å². The first kappa shape index (κ1) is 25.4. The highest BCUT2D eigenvalue weighted by Crippen LogP contribution is 2.37. The van der Waals surface area contributed by atoms with Gasteiger partial charge in [-0.25, -0.2) is 4.79 Å². The fraction of sp³-hybridized carbons (Fsp3) is 0.259. The largest absolute Gasteiger partial charge is 0.490 e. The molecule has 0 bridgehead atoms. The summed E-state index contributed by atoms with van der Waals surface area (Å²) in [4.78, 5) is 41.9. The van der Waals surface area contributed by atoms with Crippen molar-refractivity contribution in [2.24, 2.45) is 0 Å². The van der Waals surface area contributed by atoms with Crippen LogP contribution >= 0.6 is 11.8 Å². The summed E-state index contributed by atoms with van der Waals surface area (Å²) in [6.45, 7) is 2.04. The number of carbonyl (C=O) groups is 3. The summed E-state index contributed by atoms with van der Waals surface area (Å²) >= 11 is 0.632. The van der Waals surface area contributed by atoms with Crippen LogP contribution in [0.5, 0.6) is 5.75 Å². The van der Waals surface area contributed by atoms with E-state index >= 15 is 0 Å². The molecule has 4 rings (SSSR count). The molecule has 0 saturated carbocycles. The van der Waals surface area contributed by atoms with Crippen LogP contribution in [0.3, 0.4) is 0 Å². The minimum Gasteiger partial charge on any atom is -0.490 e. The molecule has 8 nitrogen and oxygen atoms in total. The lowest BCUT2D eigenvalue weighted by atomic mass is 9.97. The van der Waals surface area contributed by atoms with Crippen LogP contribution in [0.4, 0.5) is 4.79 Å². The smallest absolute Gasteiger partial charge is 0.333 e. The second kappa shape index (κ2) is 11.4. The third-order valence-corrected chi connectivity index (χ3v) is 6.91. The van der Waals surface area contributed by atoms with Gasteiger partial charge in [-0.05, 0) is 53.1 Å². The third kappa shape index (κ3) is 5.92. The molecule has 2 atom stereocenters. The molecule has 9 heteroatoms. The molecule has 2 unspecified atom stereocenters. The van der Waals surface area contributed by atoms with Crippen LogP contribution in [-0.4, -0.2) is 38.6 Å². The molecule has 1 aliphatic rings. The van der Waals surface area contributed by atoms with E-state index in [0.717, 1.165) is 17.5 Å². The van der Waals surface area contributed by atoms with E-state index in [1.165, 1.54) is 0 Å². The number of aryl methyl sites for hydroxylation is 1. The maximum absolute atomic E-state index is 13.0. The normalized spacial score (nSPS) is 17.9. The van der Waals surface area contributed by atoms with Crippen LogP contribution in [0.1, 0.15) is 35.4 Å². The van der Waals surface area contributed by atoms with Gasteiger partial charge < -0.3 is 14.6 Å². The van der Waals surface area contributed by atoms with E-state index in [1.54, 1.807) is 48.7 Å². The summed E-state index contributed by atoms with van der Waals surface area (Å²) in [5, 5.41) is 12.0. The second-order valence-electron chi connectivity index (χ2n) is 8.32. The van der Waals surface area contributed by atoms with E-state index in [-0.39, 0.29) is 19.6 Å². The number of nitrogens with zero attached hydrogens (tertiary/aromatic N) is 1. The summed E-state index contributed by atoms with van der Waals surface area (Å²) in [7, 11) is 0. The van der Waals surface area contributed by atoms with Crippen LogP contribution in [0, 0.1) is 0 Å². The number of aromatic nitrogens is 1. The van der Waals surface area contributed by atoms with Gasteiger partial charge in [0, 0.05) is 12.6 Å². The van der Waals surface area contributed by atoms with Crippen LogP contribution < -0.4 is 10.1 Å². The Morgan fingerprint density at radius 2 is 1.75 bits per heavy atom. The molecule has 1 fully saturated rings. The molecule has 0 spiro atoms. The van der Waals surface area contributed by atoms with Gasteiger partial charge in [0.1, 0.15) is 25.1 Å². The number of nitrogens with one attached hydrogen (secondary N) is 1. The summed E-state index contributed by atoms with van der Waals surface area (Å²) in [5.74, 6) is -0.964. The molecule has 36 heavy (non-hydrogen) atoms. The monoisotopic (exact) mass is 506 g/mol. The number of carbonyl (C=O) groups excluding carboxylic acids is 3. The van der Waals surface area contributed by atoms with E-state index in [4.69, 9.17) is 9.47 Å². The molecule has 1 saturated heterocycles. The molecule has 2 aromatic carbocycles. The Labute approximate surface area is 213 Å². The van der Waals surface area contributed by atoms with Gasteiger partial charge in [0.2, 0.25) is 4.75 Å². The standard InChI is InChI=1S/C27H26N2O6S/c1-2-18-10-13-22(28-15-18)23(30)17-34-21-11-8-19(9-12-21)14-27(24(31)29-26(33)36-27)25(32)35-16-20-6-4-3-5-7-20/h3-13,15,23,30H,2,14,16-17H2,1H3,(H,29,31,33). The molecular weight excluding hydrogens is 480 g/mol. The number of aliphatic hydroxyl groups is 1. The molecule has 3 aromatic rings. The Kier molecular flexibility index (Phi) is 8.02. The number of aliphatic hydroxyl groups excluding tert-OH is 1. The van der Waals surface area contributed by atoms with Crippen LogP contribution in [0.15, 0.2) is 72.9 Å². The summed E-state index contributed by atoms with van der Waals surface area (Å²) < 4.78 is 9.39. The van der Waals surface area contributed by atoms with Crippen molar-refractivity contribution < 1.29 is 29.0 Å². The van der Waals surface area contributed by atoms with Gasteiger partial charge in [0.05, 0.1) is 5.69 Å². The predicted octanol–water partition coefficient (Wildman–Crippen LogP) is 3.76. The molecule has 186 valence electrons. The minimum atomic E-state index is -1.71. The molecule has 0 radical (unpaired) electrons. The highest BCUT2D eigenvalue weighted by Gasteiger charge is 2.55. The van der Waals surface area contributed by atoms with E-state index in [0.29, 0.717) is 28.8 Å². The van der Waals surface area contributed by atoms with Crippen molar-refractivity contribution in [3.8, 4) is 5.75 Å². The van der Waals surface area contributed by atoms with Crippen LogP contribution in [-0.2, 0) is 33.8 Å². The van der Waals surface area contributed by atoms with Crippen LogP contribution in [0.25, 0.3) is 0 Å². The number of rotatable bonds is 10. The highest BCUT2D eigenvalue weighted by molar-refractivity contribution is 8.16. The summed E-state index contributed by atoms with van der Waals surface area (Å²) in [6.07, 6.45) is 1.69. The van der Waals surface area contributed by atoms with E-state index in [2.05, 4.69) is 10.3 Å². The van der Waals surface area contributed by atoms with Crippen molar-refractivity contribution in [3.05, 3.63) is 95.3 Å². The summed E-state index contributed by atoms with van der Waals surface area (Å²) in [6, 6.07) is 19.6. The zero-order chi connectivity index (χ0) is 25.5. The van der Waals surface area contributed by atoms with Crippen molar-refractivity contribution in [2.45, 2.75) is 37.2 Å². The summed E-state index contributed by atoms with van der Waals surface area (Å²) in [5.41, 5.74) is 3.03. The first-order chi connectivity index (χ1) is 17.4. The van der Waals surface area contributed by atoms with Crippen molar-refractivity contribution >= 4 is 28.9 Å². The van der Waals surface area contributed by atoms with Gasteiger partial charge >= 0.3 is 5.97 Å². The number of imide groups is 1. The lowest BCUT2D eigenvalue weighted by molar-refractivity contribution is -0.150.